The number of nitrogens with two attached hydrogens (primary N) is 1. The molecule has 1 aliphatic rings. The smallest absolute Gasteiger partial charge is 0.0742 e. The molecule has 0 bridgehead atoms. The Morgan fingerprint density at radius 3 is 2.87 bits per heavy atom. The molecule has 0 aromatic rings. The van der Waals surface area contributed by atoms with Gasteiger partial charge in [0.2, 0.25) is 0 Å². The van der Waals surface area contributed by atoms with Crippen LogP contribution in [0.25, 0.3) is 0 Å². The summed E-state index contributed by atoms with van der Waals surface area (Å²) < 4.78 is 0. The molecule has 2 atom stereocenters. The third kappa shape index (κ3) is 4.05. The standard InChI is InChI=1S/C11H23N3S/c1-9(7-11(12)15)14(3)10-5-4-6-13(2)8-10/h9-10H,4-8H2,1-3H3,(H2,12,15). The van der Waals surface area contributed by atoms with Gasteiger partial charge in [-0.2, -0.15) is 0 Å². The highest BCUT2D eigenvalue weighted by Crippen LogP contribution is 2.16. The van der Waals surface area contributed by atoms with E-state index in [4.69, 9.17) is 18.0 Å². The van der Waals surface area contributed by atoms with Gasteiger partial charge in [-0.25, -0.2) is 0 Å². The molecular weight excluding hydrogens is 206 g/mol. The maximum atomic E-state index is 5.58. The number of hydrogen-bond acceptors (Lipinski definition) is 3. The van der Waals surface area contributed by atoms with Gasteiger partial charge in [-0.1, -0.05) is 12.2 Å². The van der Waals surface area contributed by atoms with E-state index in [1.807, 2.05) is 0 Å². The molecule has 1 rings (SSSR count). The van der Waals surface area contributed by atoms with Crippen LogP contribution in [0.5, 0.6) is 0 Å². The molecular formula is C11H23N3S. The van der Waals surface area contributed by atoms with Crippen LogP contribution in [0.15, 0.2) is 0 Å². The zero-order chi connectivity index (χ0) is 11.4. The molecule has 0 aliphatic carbocycles. The van der Waals surface area contributed by atoms with Gasteiger partial charge in [0.15, 0.2) is 0 Å². The zero-order valence-corrected chi connectivity index (χ0v) is 10.9. The Labute approximate surface area is 98.6 Å². The predicted octanol–water partition coefficient (Wildman–Crippen LogP) is 1.08. The summed E-state index contributed by atoms with van der Waals surface area (Å²) in [5.41, 5.74) is 5.58. The molecule has 1 saturated heterocycles. The number of nitrogens with zero attached hydrogens (tertiary/aromatic N) is 2. The van der Waals surface area contributed by atoms with E-state index in [2.05, 4.69) is 30.8 Å². The molecule has 0 aromatic heterocycles. The molecule has 0 radical (unpaired) electrons. The van der Waals surface area contributed by atoms with Crippen molar-refractivity contribution >= 4 is 17.2 Å². The highest BCUT2D eigenvalue weighted by Gasteiger charge is 2.24. The molecule has 88 valence electrons. The molecule has 1 aliphatic heterocycles. The lowest BCUT2D eigenvalue weighted by Crippen LogP contribution is -2.48. The van der Waals surface area contributed by atoms with Crippen molar-refractivity contribution in [2.45, 2.75) is 38.3 Å². The van der Waals surface area contributed by atoms with Crippen molar-refractivity contribution in [3.05, 3.63) is 0 Å². The molecule has 1 fully saturated rings. The largest absolute Gasteiger partial charge is 0.393 e. The summed E-state index contributed by atoms with van der Waals surface area (Å²) in [4.78, 5) is 5.45. The molecule has 0 aromatic carbocycles. The Balaban J connectivity index is 2.43. The van der Waals surface area contributed by atoms with Gasteiger partial charge in [-0.05, 0) is 40.4 Å². The molecule has 15 heavy (non-hydrogen) atoms. The molecule has 0 amide bonds. The topological polar surface area (TPSA) is 32.5 Å². The van der Waals surface area contributed by atoms with E-state index in [9.17, 15) is 0 Å². The van der Waals surface area contributed by atoms with Gasteiger partial charge in [0, 0.05) is 25.0 Å². The lowest BCUT2D eigenvalue weighted by molar-refractivity contribution is 0.107. The van der Waals surface area contributed by atoms with E-state index in [0.717, 1.165) is 13.0 Å². The molecule has 0 spiro atoms. The average Bonchev–Trinajstić information content (AvgIpc) is 2.15. The van der Waals surface area contributed by atoms with Crippen LogP contribution in [0.2, 0.25) is 0 Å². The number of piperidine rings is 1. The monoisotopic (exact) mass is 229 g/mol. The van der Waals surface area contributed by atoms with Crippen LogP contribution in [0.1, 0.15) is 26.2 Å². The summed E-state index contributed by atoms with van der Waals surface area (Å²) in [7, 11) is 4.38. The summed E-state index contributed by atoms with van der Waals surface area (Å²) in [6.07, 6.45) is 3.42. The van der Waals surface area contributed by atoms with Crippen molar-refractivity contribution < 1.29 is 0 Å². The van der Waals surface area contributed by atoms with Crippen LogP contribution >= 0.6 is 12.2 Å². The lowest BCUT2D eigenvalue weighted by Gasteiger charge is -2.38. The Kier molecular flexibility index (Phi) is 4.96. The van der Waals surface area contributed by atoms with Crippen molar-refractivity contribution in [2.75, 3.05) is 27.2 Å². The quantitative estimate of drug-likeness (QED) is 0.731. The van der Waals surface area contributed by atoms with Crippen LogP contribution in [-0.4, -0.2) is 54.1 Å². The summed E-state index contributed by atoms with van der Waals surface area (Å²) in [6.45, 7) is 4.60. The van der Waals surface area contributed by atoms with Crippen LogP contribution < -0.4 is 5.73 Å². The highest BCUT2D eigenvalue weighted by atomic mass is 32.1. The lowest BCUT2D eigenvalue weighted by atomic mass is 10.0. The second-order valence-corrected chi connectivity index (χ2v) is 5.27. The van der Waals surface area contributed by atoms with Gasteiger partial charge in [0.1, 0.15) is 0 Å². The molecule has 2 N–H and O–H groups in total. The minimum atomic E-state index is 0.457. The fourth-order valence-electron chi connectivity index (χ4n) is 2.27. The molecule has 3 nitrogen and oxygen atoms in total. The molecule has 0 saturated carbocycles. The fraction of sp³-hybridized carbons (Fsp3) is 0.909. The van der Waals surface area contributed by atoms with Gasteiger partial charge >= 0.3 is 0 Å². The maximum absolute atomic E-state index is 5.58. The van der Waals surface area contributed by atoms with E-state index >= 15 is 0 Å². The minimum Gasteiger partial charge on any atom is -0.393 e. The van der Waals surface area contributed by atoms with Gasteiger partial charge in [0.25, 0.3) is 0 Å². The highest BCUT2D eigenvalue weighted by molar-refractivity contribution is 7.80. The first-order valence-corrected chi connectivity index (χ1v) is 6.10. The molecule has 2 unspecified atom stereocenters. The van der Waals surface area contributed by atoms with E-state index < -0.39 is 0 Å². The number of thiocarbonyl (C=S) groups is 1. The van der Waals surface area contributed by atoms with Gasteiger partial charge in [-0.15, -0.1) is 0 Å². The third-order valence-corrected chi connectivity index (χ3v) is 3.53. The van der Waals surface area contributed by atoms with Gasteiger partial charge in [-0.3, -0.25) is 4.90 Å². The normalized spacial score (nSPS) is 25.5. The van der Waals surface area contributed by atoms with Gasteiger partial charge in [0.05, 0.1) is 4.99 Å². The minimum absolute atomic E-state index is 0.457. The Hall–Kier alpha value is -0.190. The van der Waals surface area contributed by atoms with E-state index in [1.54, 1.807) is 0 Å². The first-order chi connectivity index (χ1) is 7.00. The summed E-state index contributed by atoms with van der Waals surface area (Å²) in [6, 6.07) is 1.12. The molecule has 4 heteroatoms. The second-order valence-electron chi connectivity index (χ2n) is 4.74. The number of likely N-dealkylation sites (tertiary alicyclic amines) is 1. The van der Waals surface area contributed by atoms with Crippen LogP contribution in [0.4, 0.5) is 0 Å². The van der Waals surface area contributed by atoms with E-state index in [0.29, 0.717) is 17.1 Å². The second kappa shape index (κ2) is 5.77. The van der Waals surface area contributed by atoms with Crippen molar-refractivity contribution in [1.29, 1.82) is 0 Å². The average molecular weight is 229 g/mol. The Morgan fingerprint density at radius 1 is 1.67 bits per heavy atom. The number of hydrogen-bond donors (Lipinski definition) is 1. The van der Waals surface area contributed by atoms with E-state index in [-0.39, 0.29) is 0 Å². The van der Waals surface area contributed by atoms with Crippen molar-refractivity contribution in [1.82, 2.24) is 9.80 Å². The van der Waals surface area contributed by atoms with Gasteiger partial charge < -0.3 is 10.6 Å². The first-order valence-electron chi connectivity index (χ1n) is 5.69. The van der Waals surface area contributed by atoms with Crippen LogP contribution in [-0.2, 0) is 0 Å². The Morgan fingerprint density at radius 2 is 2.33 bits per heavy atom. The zero-order valence-electron chi connectivity index (χ0n) is 10.1. The van der Waals surface area contributed by atoms with Crippen LogP contribution in [0, 0.1) is 0 Å². The molecule has 1 heterocycles. The van der Waals surface area contributed by atoms with Crippen LogP contribution in [0.3, 0.4) is 0 Å². The van der Waals surface area contributed by atoms with Crippen molar-refractivity contribution in [2.24, 2.45) is 5.73 Å². The summed E-state index contributed by atoms with van der Waals surface area (Å²) in [5.74, 6) is 0. The first kappa shape index (κ1) is 12.9. The number of likely N-dealkylation sites (N-methyl/N-ethyl adjacent to an activating group) is 2. The van der Waals surface area contributed by atoms with Crippen molar-refractivity contribution in [3.63, 3.8) is 0 Å². The Bertz CT molecular complexity index is 220. The fourth-order valence-corrected chi connectivity index (χ4v) is 2.51. The summed E-state index contributed by atoms with van der Waals surface area (Å²) in [5, 5.41) is 0. The maximum Gasteiger partial charge on any atom is 0.0742 e. The number of rotatable bonds is 4. The summed E-state index contributed by atoms with van der Waals surface area (Å²) >= 11 is 4.96. The van der Waals surface area contributed by atoms with Crippen molar-refractivity contribution in [3.8, 4) is 0 Å². The third-order valence-electron chi connectivity index (χ3n) is 3.37. The van der Waals surface area contributed by atoms with E-state index in [1.165, 1.54) is 19.4 Å². The predicted molar refractivity (Wildman–Crippen MR) is 69.1 cm³/mol. The SMILES string of the molecule is CC(CC(N)=S)N(C)C1CCCN(C)C1.